The first-order valence-electron chi connectivity index (χ1n) is 10.3. The van der Waals surface area contributed by atoms with Crippen molar-refractivity contribution in [3.05, 3.63) is 89.5 Å². The van der Waals surface area contributed by atoms with Gasteiger partial charge in [0.1, 0.15) is 14.7 Å². The molecule has 3 aromatic rings. The topological polar surface area (TPSA) is 242 Å². The van der Waals surface area contributed by atoms with Gasteiger partial charge in [0.05, 0.1) is 16.7 Å². The SMILES string of the molecule is O=C(O)c1ccccc1S(=O)(=O)OB(OS(=O)(=O)c1ccccc1C(=O)O)OS(=O)(=O)c1ccccc1C(=O)O. The third kappa shape index (κ3) is 6.70. The summed E-state index contributed by atoms with van der Waals surface area (Å²) < 4.78 is 91.3. The fourth-order valence-electron chi connectivity index (χ4n) is 3.10. The average Bonchev–Trinajstić information content (AvgIpc) is 2.87. The van der Waals surface area contributed by atoms with Crippen molar-refractivity contribution in [2.45, 2.75) is 14.7 Å². The van der Waals surface area contributed by atoms with Crippen LogP contribution >= 0.6 is 0 Å². The van der Waals surface area contributed by atoms with Crippen molar-refractivity contribution in [1.29, 1.82) is 0 Å². The molecule has 210 valence electrons. The van der Waals surface area contributed by atoms with E-state index in [0.29, 0.717) is 0 Å². The van der Waals surface area contributed by atoms with Crippen LogP contribution in [0.4, 0.5) is 0 Å². The molecule has 0 aliphatic rings. The minimum atomic E-state index is -5.39. The van der Waals surface area contributed by atoms with Gasteiger partial charge < -0.3 is 15.3 Å². The lowest BCUT2D eigenvalue weighted by molar-refractivity contribution is 0.0682. The number of carboxylic acid groups (broad SMARTS) is 3. The number of carboxylic acids is 3. The summed E-state index contributed by atoms with van der Waals surface area (Å²) in [4.78, 5) is 31.3. The first kappa shape index (κ1) is 30.4. The molecular formula is C21H15BO15S3. The first-order valence-corrected chi connectivity index (χ1v) is 14.6. The molecule has 0 spiro atoms. The van der Waals surface area contributed by atoms with Gasteiger partial charge >= 0.3 is 25.2 Å². The minimum Gasteiger partial charge on any atom is -0.478 e. The molecule has 0 saturated carbocycles. The van der Waals surface area contributed by atoms with Crippen LogP contribution in [0.5, 0.6) is 0 Å². The number of hydrogen-bond acceptors (Lipinski definition) is 12. The quantitative estimate of drug-likeness (QED) is 0.243. The lowest BCUT2D eigenvalue weighted by Crippen LogP contribution is -2.36. The fourth-order valence-corrected chi connectivity index (χ4v) is 6.42. The van der Waals surface area contributed by atoms with Crippen molar-refractivity contribution in [3.8, 4) is 0 Å². The number of carbonyl (C=O) groups is 3. The molecule has 0 saturated heterocycles. The molecule has 3 N–H and O–H groups in total. The molecule has 0 amide bonds. The molecule has 0 aromatic heterocycles. The average molecular weight is 614 g/mol. The van der Waals surface area contributed by atoms with Crippen LogP contribution in [0.3, 0.4) is 0 Å². The maximum atomic E-state index is 12.9. The van der Waals surface area contributed by atoms with E-state index in [1.54, 1.807) is 0 Å². The van der Waals surface area contributed by atoms with Crippen molar-refractivity contribution >= 4 is 55.6 Å². The fraction of sp³-hybridized carbons (Fsp3) is 0. The van der Waals surface area contributed by atoms with E-state index in [-0.39, 0.29) is 0 Å². The molecule has 0 aliphatic heterocycles. The van der Waals surface area contributed by atoms with Crippen molar-refractivity contribution in [3.63, 3.8) is 0 Å². The van der Waals surface area contributed by atoms with E-state index in [2.05, 4.69) is 12.3 Å². The maximum Gasteiger partial charge on any atom is 0.685 e. The molecule has 0 unspecified atom stereocenters. The molecule has 19 heteroatoms. The third-order valence-corrected chi connectivity index (χ3v) is 8.69. The third-order valence-electron chi connectivity index (χ3n) is 4.78. The molecule has 0 fully saturated rings. The van der Waals surface area contributed by atoms with Gasteiger partial charge in [-0.2, -0.15) is 25.3 Å². The molecule has 0 radical (unpaired) electrons. The van der Waals surface area contributed by atoms with Gasteiger partial charge in [0.25, 0.3) is 30.4 Å². The molecule has 0 atom stereocenters. The van der Waals surface area contributed by atoms with Gasteiger partial charge in [-0.25, -0.2) is 14.4 Å². The zero-order chi connectivity index (χ0) is 29.9. The van der Waals surface area contributed by atoms with Crippen LogP contribution in [0.15, 0.2) is 87.5 Å². The van der Waals surface area contributed by atoms with Crippen LogP contribution < -0.4 is 0 Å². The number of benzene rings is 3. The Hall–Kier alpha value is -4.14. The van der Waals surface area contributed by atoms with Gasteiger partial charge in [0, 0.05) is 0 Å². The van der Waals surface area contributed by atoms with Gasteiger partial charge in [0.15, 0.2) is 0 Å². The molecule has 0 aliphatic carbocycles. The monoisotopic (exact) mass is 614 g/mol. The molecule has 3 rings (SSSR count). The standard InChI is InChI=1S/C21H15BO15S3/c23-19(24)13-7-1-4-10-16(13)38(29,30)35-22(36-39(31,32)17-11-5-2-8-14(17)20(25)26)37-40(33,34)18-12-6-3-9-15(18)21(27)28/h1-12H,(H,23,24)(H,25,26)(H,27,28). The number of hydrogen-bond donors (Lipinski definition) is 3. The summed E-state index contributed by atoms with van der Waals surface area (Å²) >= 11 is 0. The Bertz CT molecular complexity index is 1600. The molecule has 0 heterocycles. The van der Waals surface area contributed by atoms with Crippen LogP contribution in [0.2, 0.25) is 0 Å². The summed E-state index contributed by atoms with van der Waals surface area (Å²) in [6.07, 6.45) is 0. The van der Waals surface area contributed by atoms with Crippen LogP contribution in [-0.4, -0.2) is 65.8 Å². The molecule has 15 nitrogen and oxygen atoms in total. The lowest BCUT2D eigenvalue weighted by atomic mass is 10.2. The smallest absolute Gasteiger partial charge is 0.478 e. The highest BCUT2D eigenvalue weighted by atomic mass is 32.2. The Morgan fingerprint density at radius 3 is 0.925 bits per heavy atom. The Labute approximate surface area is 226 Å². The van der Waals surface area contributed by atoms with Gasteiger partial charge in [0.2, 0.25) is 0 Å². The zero-order valence-electron chi connectivity index (χ0n) is 19.5. The van der Waals surface area contributed by atoms with E-state index in [1.165, 1.54) is 0 Å². The van der Waals surface area contributed by atoms with Crippen LogP contribution in [-0.2, 0) is 42.7 Å². The van der Waals surface area contributed by atoms with Crippen molar-refractivity contribution < 1.29 is 67.3 Å². The Balaban J connectivity index is 2.14. The van der Waals surface area contributed by atoms with Crippen molar-refractivity contribution in [2.24, 2.45) is 0 Å². The van der Waals surface area contributed by atoms with Gasteiger partial charge in [-0.15, -0.1) is 0 Å². The molecule has 0 bridgehead atoms. The van der Waals surface area contributed by atoms with E-state index in [9.17, 15) is 55.0 Å². The van der Waals surface area contributed by atoms with E-state index in [4.69, 9.17) is 0 Å². The summed E-state index contributed by atoms with van der Waals surface area (Å²) in [6, 6.07) is 11.4. The van der Waals surface area contributed by atoms with Gasteiger partial charge in [-0.05, 0) is 36.4 Å². The van der Waals surface area contributed by atoms with E-state index >= 15 is 0 Å². The van der Waals surface area contributed by atoms with Crippen molar-refractivity contribution in [2.75, 3.05) is 0 Å². The second-order valence-electron chi connectivity index (χ2n) is 7.34. The minimum absolute atomic E-state index is 0.734. The second-order valence-corrected chi connectivity index (χ2v) is 12.0. The second kappa shape index (κ2) is 11.5. The van der Waals surface area contributed by atoms with Crippen LogP contribution in [0.25, 0.3) is 0 Å². The summed E-state index contributed by atoms with van der Waals surface area (Å²) in [5.74, 6) is -5.27. The van der Waals surface area contributed by atoms with E-state index in [1.807, 2.05) is 0 Å². The normalized spacial score (nSPS) is 12.0. The summed E-state index contributed by atoms with van der Waals surface area (Å²) in [5, 5.41) is 27.9. The molecular weight excluding hydrogens is 599 g/mol. The van der Waals surface area contributed by atoms with Crippen molar-refractivity contribution in [1.82, 2.24) is 0 Å². The van der Waals surface area contributed by atoms with E-state index in [0.717, 1.165) is 72.8 Å². The summed E-state index contributed by atoms with van der Waals surface area (Å²) in [6.45, 7) is 0. The summed E-state index contributed by atoms with van der Waals surface area (Å²) in [5.41, 5.74) is -2.58. The zero-order valence-corrected chi connectivity index (χ0v) is 21.9. The Morgan fingerprint density at radius 2 is 0.700 bits per heavy atom. The highest BCUT2D eigenvalue weighted by Crippen LogP contribution is 2.26. The Kier molecular flexibility index (Phi) is 8.77. The first-order chi connectivity index (χ1) is 18.6. The van der Waals surface area contributed by atoms with Gasteiger partial charge in [-0.1, -0.05) is 36.4 Å². The maximum absolute atomic E-state index is 12.9. The molecule has 3 aromatic carbocycles. The lowest BCUT2D eigenvalue weighted by Gasteiger charge is -2.16. The Morgan fingerprint density at radius 1 is 0.475 bits per heavy atom. The highest BCUT2D eigenvalue weighted by Gasteiger charge is 2.43. The van der Waals surface area contributed by atoms with E-state index < -0.39 is 87.0 Å². The molecule has 40 heavy (non-hydrogen) atoms. The van der Waals surface area contributed by atoms with Gasteiger partial charge in [-0.3, -0.25) is 12.3 Å². The predicted molar refractivity (Wildman–Crippen MR) is 131 cm³/mol. The highest BCUT2D eigenvalue weighted by molar-refractivity contribution is 7.90. The predicted octanol–water partition coefficient (Wildman–Crippen LogP) is 1.28. The number of aromatic carboxylic acids is 3. The largest absolute Gasteiger partial charge is 0.685 e. The summed E-state index contributed by atoms with van der Waals surface area (Å²) in [7, 11) is -19.4. The van der Waals surface area contributed by atoms with Crippen LogP contribution in [0.1, 0.15) is 31.1 Å². The van der Waals surface area contributed by atoms with Crippen LogP contribution in [0, 0.1) is 0 Å². The number of rotatable bonds is 12.